The van der Waals surface area contributed by atoms with Crippen molar-refractivity contribution >= 4 is 39.3 Å². The summed E-state index contributed by atoms with van der Waals surface area (Å²) in [7, 11) is -3.76. The van der Waals surface area contributed by atoms with Crippen LogP contribution < -0.4 is 10.5 Å². The van der Waals surface area contributed by atoms with Gasteiger partial charge in [-0.25, -0.2) is 13.6 Å². The van der Waals surface area contributed by atoms with Crippen LogP contribution in [0.5, 0.6) is 0 Å². The summed E-state index contributed by atoms with van der Waals surface area (Å²) in [4.78, 5) is 12.0. The lowest BCUT2D eigenvalue weighted by Crippen LogP contribution is -2.12. The van der Waals surface area contributed by atoms with Crippen LogP contribution in [0.25, 0.3) is 17.4 Å². The highest BCUT2D eigenvalue weighted by atomic mass is 35.5. The Labute approximate surface area is 161 Å². The van der Waals surface area contributed by atoms with E-state index in [0.717, 1.165) is 5.56 Å². The van der Waals surface area contributed by atoms with E-state index in [-0.39, 0.29) is 10.8 Å². The summed E-state index contributed by atoms with van der Waals surface area (Å²) >= 11 is 5.86. The first-order valence-electron chi connectivity index (χ1n) is 7.79. The molecule has 0 spiro atoms. The zero-order valence-electron chi connectivity index (χ0n) is 13.9. The number of hydrogen-bond acceptors (Lipinski definition) is 4. The van der Waals surface area contributed by atoms with Crippen molar-refractivity contribution in [2.24, 2.45) is 5.14 Å². The van der Waals surface area contributed by atoms with Gasteiger partial charge in [-0.05, 0) is 66.7 Å². The SMILES string of the molecule is NS(=O)(=O)c1ccc(NC(=O)/C=C/c2ccc(-c3ccc(Cl)cc3)o2)cc1. The number of benzene rings is 2. The second-order valence-corrected chi connectivity index (χ2v) is 7.60. The van der Waals surface area contributed by atoms with Gasteiger partial charge in [0.05, 0.1) is 4.90 Å². The van der Waals surface area contributed by atoms with Gasteiger partial charge < -0.3 is 9.73 Å². The first-order valence-corrected chi connectivity index (χ1v) is 9.71. The van der Waals surface area contributed by atoms with Gasteiger partial charge in [0.15, 0.2) is 0 Å². The van der Waals surface area contributed by atoms with Crippen LogP contribution in [0.3, 0.4) is 0 Å². The molecule has 1 amide bonds. The van der Waals surface area contributed by atoms with E-state index in [4.69, 9.17) is 21.2 Å². The standard InChI is InChI=1S/C19H15ClN2O4S/c20-14-3-1-13(2-4-14)18-11-7-16(26-18)8-12-19(23)22-15-5-9-17(10-6-15)27(21,24)25/h1-12H,(H,22,23)(H2,21,24,25)/b12-8+. The van der Waals surface area contributed by atoms with E-state index >= 15 is 0 Å². The normalized spacial score (nSPS) is 11.6. The quantitative estimate of drug-likeness (QED) is 0.631. The molecule has 6 nitrogen and oxygen atoms in total. The van der Waals surface area contributed by atoms with Crippen LogP contribution in [-0.2, 0) is 14.8 Å². The Morgan fingerprint density at radius 2 is 1.67 bits per heavy atom. The Bertz CT molecular complexity index is 1090. The zero-order valence-corrected chi connectivity index (χ0v) is 15.5. The molecule has 0 unspecified atom stereocenters. The summed E-state index contributed by atoms with van der Waals surface area (Å²) in [6.07, 6.45) is 2.85. The van der Waals surface area contributed by atoms with Gasteiger partial charge >= 0.3 is 0 Å². The van der Waals surface area contributed by atoms with Crippen LogP contribution in [-0.4, -0.2) is 14.3 Å². The number of rotatable bonds is 5. The molecule has 0 fully saturated rings. The molecule has 1 aromatic heterocycles. The van der Waals surface area contributed by atoms with Crippen LogP contribution in [0, 0.1) is 0 Å². The fraction of sp³-hybridized carbons (Fsp3) is 0. The van der Waals surface area contributed by atoms with Gasteiger partial charge in [0.1, 0.15) is 11.5 Å². The average molecular weight is 403 g/mol. The van der Waals surface area contributed by atoms with Crippen LogP contribution >= 0.6 is 11.6 Å². The molecule has 0 saturated heterocycles. The Kier molecular flexibility index (Phi) is 5.46. The van der Waals surface area contributed by atoms with Crippen molar-refractivity contribution in [2.45, 2.75) is 4.90 Å². The molecule has 2 aromatic carbocycles. The van der Waals surface area contributed by atoms with E-state index in [2.05, 4.69) is 5.32 Å². The molecule has 0 atom stereocenters. The molecule has 0 aliphatic carbocycles. The number of sulfonamides is 1. The molecule has 0 bridgehead atoms. The Balaban J connectivity index is 1.64. The Hall–Kier alpha value is -2.87. The fourth-order valence-electron chi connectivity index (χ4n) is 2.28. The third-order valence-corrected chi connectivity index (χ3v) is 4.79. The minimum absolute atomic E-state index is 0.0265. The average Bonchev–Trinajstić information content (AvgIpc) is 3.09. The minimum Gasteiger partial charge on any atom is -0.457 e. The molecule has 3 aromatic rings. The molecule has 3 rings (SSSR count). The molecular formula is C19H15ClN2O4S. The molecular weight excluding hydrogens is 388 g/mol. The van der Waals surface area contributed by atoms with Gasteiger partial charge in [0.25, 0.3) is 0 Å². The van der Waals surface area contributed by atoms with Crippen molar-refractivity contribution in [3.63, 3.8) is 0 Å². The van der Waals surface area contributed by atoms with Gasteiger partial charge in [-0.3, -0.25) is 4.79 Å². The number of amides is 1. The van der Waals surface area contributed by atoms with Crippen LogP contribution in [0.2, 0.25) is 5.02 Å². The molecule has 0 saturated carbocycles. The van der Waals surface area contributed by atoms with Gasteiger partial charge in [0.2, 0.25) is 15.9 Å². The third kappa shape index (κ3) is 5.07. The van der Waals surface area contributed by atoms with Crippen molar-refractivity contribution in [3.8, 4) is 11.3 Å². The molecule has 3 N–H and O–H groups in total. The highest BCUT2D eigenvalue weighted by molar-refractivity contribution is 7.89. The molecule has 1 heterocycles. The summed E-state index contributed by atoms with van der Waals surface area (Å²) < 4.78 is 28.1. The monoisotopic (exact) mass is 402 g/mol. The lowest BCUT2D eigenvalue weighted by atomic mass is 10.2. The van der Waals surface area contributed by atoms with Crippen LogP contribution in [0.15, 0.2) is 76.1 Å². The first kappa shape index (κ1) is 18.9. The van der Waals surface area contributed by atoms with Crippen molar-refractivity contribution in [1.29, 1.82) is 0 Å². The van der Waals surface area contributed by atoms with Crippen molar-refractivity contribution in [3.05, 3.63) is 77.5 Å². The Morgan fingerprint density at radius 3 is 2.30 bits per heavy atom. The molecule has 27 heavy (non-hydrogen) atoms. The zero-order chi connectivity index (χ0) is 19.4. The number of hydrogen-bond donors (Lipinski definition) is 2. The molecule has 138 valence electrons. The highest BCUT2D eigenvalue weighted by Crippen LogP contribution is 2.24. The predicted octanol–water partition coefficient (Wildman–Crippen LogP) is 3.90. The molecule has 8 heteroatoms. The van der Waals surface area contributed by atoms with E-state index < -0.39 is 10.0 Å². The maximum Gasteiger partial charge on any atom is 0.248 e. The van der Waals surface area contributed by atoms with Crippen LogP contribution in [0.4, 0.5) is 5.69 Å². The number of primary sulfonamides is 1. The summed E-state index contributed by atoms with van der Waals surface area (Å²) in [5.74, 6) is 0.785. The second-order valence-electron chi connectivity index (χ2n) is 5.60. The smallest absolute Gasteiger partial charge is 0.248 e. The summed E-state index contributed by atoms with van der Waals surface area (Å²) in [6.45, 7) is 0. The topological polar surface area (TPSA) is 102 Å². The molecule has 0 aliphatic rings. The molecule has 0 radical (unpaired) electrons. The molecule has 0 aliphatic heterocycles. The lowest BCUT2D eigenvalue weighted by molar-refractivity contribution is -0.111. The third-order valence-electron chi connectivity index (χ3n) is 3.60. The van der Waals surface area contributed by atoms with Crippen LogP contribution in [0.1, 0.15) is 5.76 Å². The van der Waals surface area contributed by atoms with E-state index in [0.29, 0.717) is 22.2 Å². The second kappa shape index (κ2) is 7.79. The van der Waals surface area contributed by atoms with Crippen molar-refractivity contribution in [1.82, 2.24) is 0 Å². The summed E-state index contributed by atoms with van der Waals surface area (Å²) in [5.41, 5.74) is 1.32. The fourth-order valence-corrected chi connectivity index (χ4v) is 2.92. The van der Waals surface area contributed by atoms with E-state index in [9.17, 15) is 13.2 Å². The van der Waals surface area contributed by atoms with Gasteiger partial charge in [0, 0.05) is 22.3 Å². The van der Waals surface area contributed by atoms with Crippen molar-refractivity contribution < 1.29 is 17.6 Å². The number of carbonyl (C=O) groups is 1. The number of carbonyl (C=O) groups excluding carboxylic acids is 1. The number of halogens is 1. The van der Waals surface area contributed by atoms with E-state index in [1.54, 1.807) is 24.3 Å². The number of anilines is 1. The maximum atomic E-state index is 12.0. The number of nitrogens with two attached hydrogens (primary N) is 1. The largest absolute Gasteiger partial charge is 0.457 e. The van der Waals surface area contributed by atoms with Gasteiger partial charge in [-0.15, -0.1) is 0 Å². The maximum absolute atomic E-state index is 12.0. The van der Waals surface area contributed by atoms with Crippen molar-refractivity contribution in [2.75, 3.05) is 5.32 Å². The van der Waals surface area contributed by atoms with E-state index in [1.807, 2.05) is 12.1 Å². The lowest BCUT2D eigenvalue weighted by Gasteiger charge is -2.03. The highest BCUT2D eigenvalue weighted by Gasteiger charge is 2.07. The van der Waals surface area contributed by atoms with Gasteiger partial charge in [-0.1, -0.05) is 11.6 Å². The predicted molar refractivity (Wildman–Crippen MR) is 105 cm³/mol. The van der Waals surface area contributed by atoms with Gasteiger partial charge in [-0.2, -0.15) is 0 Å². The number of furan rings is 1. The van der Waals surface area contributed by atoms with E-state index in [1.165, 1.54) is 36.4 Å². The first-order chi connectivity index (χ1) is 12.8. The summed E-state index contributed by atoms with van der Waals surface area (Å²) in [6, 6.07) is 16.3. The Morgan fingerprint density at radius 1 is 1.00 bits per heavy atom. The minimum atomic E-state index is -3.76. The number of nitrogens with one attached hydrogen (secondary N) is 1. The summed E-state index contributed by atoms with van der Waals surface area (Å²) in [5, 5.41) is 8.28.